The van der Waals surface area contributed by atoms with Crippen LogP contribution in [0.4, 0.5) is 17.1 Å². The molecule has 0 aliphatic carbocycles. The predicted octanol–water partition coefficient (Wildman–Crippen LogP) is 6.10. The molecule has 3 rings (SSSR count). The Labute approximate surface area is 168 Å². The predicted molar refractivity (Wildman–Crippen MR) is 116 cm³/mol. The van der Waals surface area contributed by atoms with E-state index in [-0.39, 0.29) is 11.6 Å². The fourth-order valence-electron chi connectivity index (χ4n) is 2.63. The molecule has 1 amide bonds. The first-order valence-corrected chi connectivity index (χ1v) is 9.57. The van der Waals surface area contributed by atoms with Crippen LogP contribution in [-0.4, -0.2) is 13.0 Å². The molecule has 0 saturated heterocycles. The number of anilines is 2. The van der Waals surface area contributed by atoms with Gasteiger partial charge in [0.15, 0.2) is 0 Å². The highest BCUT2D eigenvalue weighted by molar-refractivity contribution is 8.00. The van der Waals surface area contributed by atoms with Crippen molar-refractivity contribution in [1.29, 1.82) is 0 Å². The highest BCUT2D eigenvalue weighted by Crippen LogP contribution is 2.28. The van der Waals surface area contributed by atoms with E-state index in [2.05, 4.69) is 46.0 Å². The van der Waals surface area contributed by atoms with Crippen molar-refractivity contribution in [3.05, 3.63) is 88.3 Å². The Balaban J connectivity index is 1.68. The van der Waals surface area contributed by atoms with Gasteiger partial charge in [0.25, 0.3) is 5.91 Å². The number of nitrogens with zero attached hydrogens (tertiary/aromatic N) is 2. The smallest absolute Gasteiger partial charge is 0.255 e. The van der Waals surface area contributed by atoms with Crippen LogP contribution in [0.3, 0.4) is 0 Å². The van der Waals surface area contributed by atoms with Crippen molar-refractivity contribution in [2.24, 2.45) is 5.18 Å². The first kappa shape index (κ1) is 19.6. The lowest BCUT2D eigenvalue weighted by Crippen LogP contribution is -2.13. The number of nitroso groups, excluding NO2 is 1. The number of rotatable bonds is 6. The lowest BCUT2D eigenvalue weighted by atomic mass is 10.1. The number of carbonyl (C=O) groups excluding carboxylic acids is 1. The van der Waals surface area contributed by atoms with E-state index in [4.69, 9.17) is 0 Å². The molecule has 0 aliphatic heterocycles. The number of carbonyl (C=O) groups is 1. The summed E-state index contributed by atoms with van der Waals surface area (Å²) in [6, 6.07) is 20.7. The molecular weight excluding hydrogens is 370 g/mol. The molecule has 1 N–H and O–H groups in total. The van der Waals surface area contributed by atoms with Gasteiger partial charge in [0.2, 0.25) is 0 Å². The van der Waals surface area contributed by atoms with Crippen LogP contribution in [0.25, 0.3) is 0 Å². The Hall–Kier alpha value is -3.12. The standard InChI is InChI=1S/C22H21N3O2S/c1-15-4-12-20(13-5-15)28-25(3)19-10-7-17(8-11-19)22(26)23-21-14-18(24-27)9-6-16(21)2/h4-14H,1-3H3,(H,23,26). The SMILES string of the molecule is Cc1ccc(SN(C)c2ccc(C(=O)Nc3cc(N=O)ccc3C)cc2)cc1. The molecule has 3 aromatic rings. The molecule has 5 nitrogen and oxygen atoms in total. The zero-order valence-corrected chi connectivity index (χ0v) is 16.8. The van der Waals surface area contributed by atoms with Gasteiger partial charge in [0.05, 0.1) is 0 Å². The van der Waals surface area contributed by atoms with E-state index in [1.807, 2.05) is 26.1 Å². The monoisotopic (exact) mass is 391 g/mol. The lowest BCUT2D eigenvalue weighted by molar-refractivity contribution is 0.102. The maximum absolute atomic E-state index is 12.5. The van der Waals surface area contributed by atoms with Crippen LogP contribution in [0.5, 0.6) is 0 Å². The summed E-state index contributed by atoms with van der Waals surface area (Å²) >= 11 is 1.62. The third-order valence-corrected chi connectivity index (χ3v) is 5.30. The lowest BCUT2D eigenvalue weighted by Gasteiger charge is -2.18. The van der Waals surface area contributed by atoms with Crippen LogP contribution in [0.15, 0.2) is 76.8 Å². The summed E-state index contributed by atoms with van der Waals surface area (Å²) in [7, 11) is 1.99. The third-order valence-electron chi connectivity index (χ3n) is 4.33. The van der Waals surface area contributed by atoms with Crippen LogP contribution >= 0.6 is 11.9 Å². The van der Waals surface area contributed by atoms with Crippen molar-refractivity contribution in [2.45, 2.75) is 18.7 Å². The molecule has 0 aliphatic rings. The van der Waals surface area contributed by atoms with Crippen LogP contribution in [0.2, 0.25) is 0 Å². The van der Waals surface area contributed by atoms with Gasteiger partial charge in [-0.3, -0.25) is 4.79 Å². The molecule has 0 atom stereocenters. The van der Waals surface area contributed by atoms with E-state index in [1.165, 1.54) is 5.56 Å². The normalized spacial score (nSPS) is 10.4. The van der Waals surface area contributed by atoms with Gasteiger partial charge in [-0.1, -0.05) is 23.8 Å². The van der Waals surface area contributed by atoms with E-state index in [9.17, 15) is 9.70 Å². The molecular formula is C22H21N3O2S. The highest BCUT2D eigenvalue weighted by atomic mass is 32.2. The molecule has 0 heterocycles. The van der Waals surface area contributed by atoms with Gasteiger partial charge in [-0.2, -0.15) is 0 Å². The van der Waals surface area contributed by atoms with Gasteiger partial charge in [0, 0.05) is 28.9 Å². The molecule has 0 fully saturated rings. The second-order valence-corrected chi connectivity index (χ2v) is 7.70. The molecule has 0 aromatic heterocycles. The highest BCUT2D eigenvalue weighted by Gasteiger charge is 2.10. The van der Waals surface area contributed by atoms with E-state index < -0.39 is 0 Å². The molecule has 0 bridgehead atoms. The van der Waals surface area contributed by atoms with Crippen molar-refractivity contribution in [2.75, 3.05) is 16.7 Å². The largest absolute Gasteiger partial charge is 0.322 e. The van der Waals surface area contributed by atoms with Crippen molar-refractivity contribution in [1.82, 2.24) is 0 Å². The van der Waals surface area contributed by atoms with E-state index >= 15 is 0 Å². The minimum absolute atomic E-state index is 0.230. The van der Waals surface area contributed by atoms with Gasteiger partial charge >= 0.3 is 0 Å². The number of aryl methyl sites for hydroxylation is 2. The molecule has 142 valence electrons. The van der Waals surface area contributed by atoms with Gasteiger partial charge in [-0.05, 0) is 85.1 Å². The summed E-state index contributed by atoms with van der Waals surface area (Å²) in [4.78, 5) is 24.4. The van der Waals surface area contributed by atoms with E-state index in [0.717, 1.165) is 16.1 Å². The number of nitrogens with one attached hydrogen (secondary N) is 1. The summed E-state index contributed by atoms with van der Waals surface area (Å²) in [5.74, 6) is -0.230. The molecule has 0 unspecified atom stereocenters. The van der Waals surface area contributed by atoms with Gasteiger partial charge in [-0.25, -0.2) is 0 Å². The minimum atomic E-state index is -0.230. The molecule has 0 saturated carbocycles. The second-order valence-electron chi connectivity index (χ2n) is 6.49. The van der Waals surface area contributed by atoms with Crippen LogP contribution < -0.4 is 9.62 Å². The Bertz CT molecular complexity index is 986. The van der Waals surface area contributed by atoms with Crippen LogP contribution in [0.1, 0.15) is 21.5 Å². The Morgan fingerprint density at radius 3 is 2.29 bits per heavy atom. The van der Waals surface area contributed by atoms with E-state index in [1.54, 1.807) is 42.3 Å². The third kappa shape index (κ3) is 4.78. The fourth-order valence-corrected chi connectivity index (χ4v) is 3.43. The summed E-state index contributed by atoms with van der Waals surface area (Å²) in [6.07, 6.45) is 0. The molecule has 0 radical (unpaired) electrons. The maximum atomic E-state index is 12.5. The molecule has 28 heavy (non-hydrogen) atoms. The average Bonchev–Trinajstić information content (AvgIpc) is 2.71. The summed E-state index contributed by atoms with van der Waals surface area (Å²) in [6.45, 7) is 3.93. The zero-order chi connectivity index (χ0) is 20.1. The summed E-state index contributed by atoms with van der Waals surface area (Å²) in [5.41, 5.74) is 4.50. The van der Waals surface area contributed by atoms with Crippen molar-refractivity contribution in [3.8, 4) is 0 Å². The topological polar surface area (TPSA) is 61.8 Å². The molecule has 6 heteroatoms. The van der Waals surface area contributed by atoms with E-state index in [0.29, 0.717) is 11.3 Å². The zero-order valence-electron chi connectivity index (χ0n) is 16.0. The number of benzene rings is 3. The Kier molecular flexibility index (Phi) is 6.11. The van der Waals surface area contributed by atoms with Crippen LogP contribution in [-0.2, 0) is 0 Å². The first-order valence-electron chi connectivity index (χ1n) is 8.80. The number of hydrogen-bond acceptors (Lipinski definition) is 5. The Morgan fingerprint density at radius 1 is 0.964 bits per heavy atom. The van der Waals surface area contributed by atoms with Gasteiger partial charge in [0.1, 0.15) is 5.69 Å². The van der Waals surface area contributed by atoms with Crippen LogP contribution in [0, 0.1) is 18.8 Å². The maximum Gasteiger partial charge on any atom is 0.255 e. The summed E-state index contributed by atoms with van der Waals surface area (Å²) in [5, 5.41) is 5.75. The number of hydrogen-bond donors (Lipinski definition) is 1. The Morgan fingerprint density at radius 2 is 1.64 bits per heavy atom. The van der Waals surface area contributed by atoms with Crippen molar-refractivity contribution in [3.63, 3.8) is 0 Å². The van der Waals surface area contributed by atoms with Crippen molar-refractivity contribution < 1.29 is 4.79 Å². The first-order chi connectivity index (χ1) is 13.5. The van der Waals surface area contributed by atoms with Gasteiger partial charge in [-0.15, -0.1) is 4.91 Å². The second kappa shape index (κ2) is 8.71. The fraction of sp³-hybridized carbons (Fsp3) is 0.136. The van der Waals surface area contributed by atoms with Gasteiger partial charge < -0.3 is 9.62 Å². The van der Waals surface area contributed by atoms with Crippen molar-refractivity contribution >= 4 is 34.9 Å². The quantitative estimate of drug-likeness (QED) is 0.407. The molecule has 0 spiro atoms. The molecule has 3 aromatic carbocycles. The average molecular weight is 391 g/mol. The minimum Gasteiger partial charge on any atom is -0.322 e. The summed E-state index contributed by atoms with van der Waals surface area (Å²) < 4.78 is 2.05. The number of amides is 1.